The van der Waals surface area contributed by atoms with Gasteiger partial charge in [-0.15, -0.1) is 0 Å². The molecule has 1 saturated heterocycles. The number of carbonyl (C=O) groups excluding carboxylic acids is 3. The Morgan fingerprint density at radius 3 is 2.52 bits per heavy atom. The van der Waals surface area contributed by atoms with Crippen molar-refractivity contribution in [2.24, 2.45) is 11.5 Å². The van der Waals surface area contributed by atoms with Gasteiger partial charge in [0.25, 0.3) is 0 Å². The highest BCUT2D eigenvalue weighted by atomic mass is 16.2. The number of nitrogens with one attached hydrogen (secondary N) is 2. The molecule has 9 heteroatoms. The van der Waals surface area contributed by atoms with Crippen molar-refractivity contribution in [1.29, 1.82) is 5.41 Å². The Labute approximate surface area is 173 Å². The van der Waals surface area contributed by atoms with E-state index in [0.29, 0.717) is 32.4 Å². The molecule has 2 rings (SSSR count). The normalized spacial score (nSPS) is 22.0. The first-order chi connectivity index (χ1) is 13.9. The molecule has 2 aliphatic rings. The lowest BCUT2D eigenvalue weighted by Crippen LogP contribution is -2.57. The van der Waals surface area contributed by atoms with Gasteiger partial charge >= 0.3 is 0 Å². The molecule has 6 N–H and O–H groups in total. The highest BCUT2D eigenvalue weighted by Gasteiger charge is 2.41. The van der Waals surface area contributed by atoms with Crippen molar-refractivity contribution in [1.82, 2.24) is 15.1 Å². The average Bonchev–Trinajstić information content (AvgIpc) is 3.19. The monoisotopic (exact) mass is 408 g/mol. The van der Waals surface area contributed by atoms with Gasteiger partial charge in [0.1, 0.15) is 12.3 Å². The molecule has 1 saturated carbocycles. The van der Waals surface area contributed by atoms with Crippen molar-refractivity contribution in [2.45, 2.75) is 88.9 Å². The minimum absolute atomic E-state index is 0.0278. The molecule has 2 fully saturated rings. The van der Waals surface area contributed by atoms with Gasteiger partial charge in [-0.05, 0) is 45.4 Å². The van der Waals surface area contributed by atoms with E-state index in [1.54, 1.807) is 16.7 Å². The lowest BCUT2D eigenvalue weighted by molar-refractivity contribution is -0.149. The Hall–Kier alpha value is -2.16. The van der Waals surface area contributed by atoms with Crippen LogP contribution in [-0.2, 0) is 14.4 Å². The zero-order chi connectivity index (χ0) is 21.4. The van der Waals surface area contributed by atoms with Crippen molar-refractivity contribution in [3.05, 3.63) is 0 Å². The van der Waals surface area contributed by atoms with Crippen molar-refractivity contribution in [3.8, 4) is 0 Å². The van der Waals surface area contributed by atoms with Gasteiger partial charge in [-0.2, -0.15) is 0 Å². The SMILES string of the molecule is C[C@H](N)C(=O)N1CCC[C@H]1C(=O)N(C1CCCCC1)[C@H](C=O)CCCNC(=N)N. The molecule has 1 aliphatic heterocycles. The van der Waals surface area contributed by atoms with Crippen LogP contribution in [0.4, 0.5) is 0 Å². The maximum absolute atomic E-state index is 13.6. The fourth-order valence-electron chi connectivity index (χ4n) is 4.50. The van der Waals surface area contributed by atoms with Crippen LogP contribution in [0.2, 0.25) is 0 Å². The fraction of sp³-hybridized carbons (Fsp3) is 0.800. The molecule has 29 heavy (non-hydrogen) atoms. The third-order valence-corrected chi connectivity index (χ3v) is 5.94. The Kier molecular flexibility index (Phi) is 8.88. The molecule has 2 amide bonds. The van der Waals surface area contributed by atoms with E-state index in [1.807, 2.05) is 0 Å². The maximum Gasteiger partial charge on any atom is 0.246 e. The van der Waals surface area contributed by atoms with Crippen LogP contribution in [-0.4, -0.2) is 71.1 Å². The molecular formula is C20H36N6O3. The molecule has 0 spiro atoms. The predicted molar refractivity (Wildman–Crippen MR) is 111 cm³/mol. The molecule has 1 aliphatic carbocycles. The number of nitrogens with zero attached hydrogens (tertiary/aromatic N) is 2. The minimum atomic E-state index is -0.647. The summed E-state index contributed by atoms with van der Waals surface area (Å²) in [6.45, 7) is 2.64. The second-order valence-corrected chi connectivity index (χ2v) is 8.20. The number of guanidine groups is 1. The summed E-state index contributed by atoms with van der Waals surface area (Å²) in [6, 6.07) is -1.69. The van der Waals surface area contributed by atoms with Crippen LogP contribution in [0.3, 0.4) is 0 Å². The maximum atomic E-state index is 13.6. The van der Waals surface area contributed by atoms with Crippen molar-refractivity contribution in [2.75, 3.05) is 13.1 Å². The van der Waals surface area contributed by atoms with Crippen LogP contribution < -0.4 is 16.8 Å². The van der Waals surface area contributed by atoms with E-state index in [2.05, 4.69) is 5.32 Å². The number of nitrogens with two attached hydrogens (primary N) is 2. The average molecular weight is 409 g/mol. The lowest BCUT2D eigenvalue weighted by Gasteiger charge is -2.41. The molecule has 9 nitrogen and oxygen atoms in total. The highest BCUT2D eigenvalue weighted by Crippen LogP contribution is 2.29. The summed E-state index contributed by atoms with van der Waals surface area (Å²) in [7, 11) is 0. The van der Waals surface area contributed by atoms with E-state index < -0.39 is 18.1 Å². The third-order valence-electron chi connectivity index (χ3n) is 5.94. The second-order valence-electron chi connectivity index (χ2n) is 8.20. The van der Waals surface area contributed by atoms with Crippen LogP contribution in [0.25, 0.3) is 0 Å². The minimum Gasteiger partial charge on any atom is -0.370 e. The van der Waals surface area contributed by atoms with Crippen LogP contribution >= 0.6 is 0 Å². The van der Waals surface area contributed by atoms with E-state index in [4.69, 9.17) is 16.9 Å². The Bertz CT molecular complexity index is 591. The molecular weight excluding hydrogens is 372 g/mol. The Balaban J connectivity index is 2.17. The molecule has 0 bridgehead atoms. The van der Waals surface area contributed by atoms with E-state index in [9.17, 15) is 14.4 Å². The quantitative estimate of drug-likeness (QED) is 0.187. The summed E-state index contributed by atoms with van der Waals surface area (Å²) in [6.07, 6.45) is 8.34. The molecule has 164 valence electrons. The molecule has 1 heterocycles. The van der Waals surface area contributed by atoms with Gasteiger partial charge in [0.15, 0.2) is 5.96 Å². The van der Waals surface area contributed by atoms with E-state index >= 15 is 0 Å². The van der Waals surface area contributed by atoms with E-state index in [1.165, 1.54) is 0 Å². The summed E-state index contributed by atoms with van der Waals surface area (Å²) in [5.74, 6) is -0.443. The summed E-state index contributed by atoms with van der Waals surface area (Å²) in [5, 5.41) is 9.97. The summed E-state index contributed by atoms with van der Waals surface area (Å²) in [4.78, 5) is 41.4. The van der Waals surface area contributed by atoms with Gasteiger partial charge in [0.2, 0.25) is 11.8 Å². The highest BCUT2D eigenvalue weighted by molar-refractivity contribution is 5.91. The number of amides is 2. The van der Waals surface area contributed by atoms with Gasteiger partial charge in [0.05, 0.1) is 12.1 Å². The van der Waals surface area contributed by atoms with Gasteiger partial charge in [0, 0.05) is 19.1 Å². The number of hydrogen-bond acceptors (Lipinski definition) is 5. The molecule has 0 aromatic heterocycles. The number of likely N-dealkylation sites (tertiary alicyclic amines) is 1. The van der Waals surface area contributed by atoms with E-state index in [0.717, 1.165) is 44.8 Å². The Morgan fingerprint density at radius 2 is 1.93 bits per heavy atom. The van der Waals surface area contributed by atoms with Gasteiger partial charge in [-0.3, -0.25) is 15.0 Å². The topological polar surface area (TPSA) is 146 Å². The number of hydrogen-bond donors (Lipinski definition) is 4. The number of rotatable bonds is 9. The first kappa shape index (κ1) is 23.1. The van der Waals surface area contributed by atoms with Gasteiger partial charge in [-0.25, -0.2) is 0 Å². The van der Waals surface area contributed by atoms with Gasteiger partial charge in [-0.1, -0.05) is 19.3 Å². The van der Waals surface area contributed by atoms with Crippen LogP contribution in [0, 0.1) is 5.41 Å². The van der Waals surface area contributed by atoms with Crippen molar-refractivity contribution in [3.63, 3.8) is 0 Å². The molecule has 0 aromatic carbocycles. The van der Waals surface area contributed by atoms with Crippen molar-refractivity contribution >= 4 is 24.1 Å². The largest absolute Gasteiger partial charge is 0.370 e. The zero-order valence-corrected chi connectivity index (χ0v) is 17.4. The molecule has 0 radical (unpaired) electrons. The predicted octanol–water partition coefficient (Wildman–Crippen LogP) is 0.317. The first-order valence-corrected chi connectivity index (χ1v) is 10.8. The second kappa shape index (κ2) is 11.1. The number of carbonyl (C=O) groups is 3. The first-order valence-electron chi connectivity index (χ1n) is 10.8. The van der Waals surface area contributed by atoms with Crippen LogP contribution in [0.5, 0.6) is 0 Å². The smallest absolute Gasteiger partial charge is 0.246 e. The number of aldehydes is 1. The summed E-state index contributed by atoms with van der Waals surface area (Å²) < 4.78 is 0. The molecule has 0 unspecified atom stereocenters. The standard InChI is InChI=1S/C20H36N6O3/c1-14(21)18(28)25-12-6-10-17(25)19(29)26(15-7-3-2-4-8-15)16(13-27)9-5-11-24-20(22)23/h13-17H,2-12,21H2,1H3,(H4,22,23,24)/t14-,16-,17-/m0/s1. The molecule has 3 atom stereocenters. The van der Waals surface area contributed by atoms with Gasteiger partial charge < -0.3 is 31.4 Å². The summed E-state index contributed by atoms with van der Waals surface area (Å²) in [5.41, 5.74) is 11.1. The lowest BCUT2D eigenvalue weighted by atomic mass is 9.91. The van der Waals surface area contributed by atoms with Crippen molar-refractivity contribution < 1.29 is 14.4 Å². The van der Waals surface area contributed by atoms with Crippen LogP contribution in [0.15, 0.2) is 0 Å². The molecule has 0 aromatic rings. The fourth-order valence-corrected chi connectivity index (χ4v) is 4.50. The Morgan fingerprint density at radius 1 is 1.24 bits per heavy atom. The zero-order valence-electron chi connectivity index (χ0n) is 17.4. The van der Waals surface area contributed by atoms with E-state index in [-0.39, 0.29) is 23.8 Å². The summed E-state index contributed by atoms with van der Waals surface area (Å²) >= 11 is 0. The third kappa shape index (κ3) is 6.16. The van der Waals surface area contributed by atoms with Crippen LogP contribution in [0.1, 0.15) is 64.7 Å².